The average Bonchev–Trinajstić information content (AvgIpc) is 2.27. The maximum atomic E-state index is 11.3. The van der Waals surface area contributed by atoms with Gasteiger partial charge in [-0.2, -0.15) is 0 Å². The van der Waals surface area contributed by atoms with Crippen molar-refractivity contribution in [3.63, 3.8) is 0 Å². The van der Waals surface area contributed by atoms with E-state index < -0.39 is 0 Å². The monoisotopic (exact) mass is 211 g/mol. The molecule has 3 nitrogen and oxygen atoms in total. The molecule has 0 aromatic carbocycles. The van der Waals surface area contributed by atoms with Gasteiger partial charge in [0.25, 0.3) is 0 Å². The fourth-order valence-corrected chi connectivity index (χ4v) is 1.86. The molecule has 0 heterocycles. The molecule has 0 spiro atoms. The Hall–Kier alpha value is -0.860. The van der Waals surface area contributed by atoms with E-state index in [4.69, 9.17) is 4.74 Å². The molecule has 0 bridgehead atoms. The van der Waals surface area contributed by atoms with E-state index in [0.717, 1.165) is 0 Å². The van der Waals surface area contributed by atoms with Gasteiger partial charge in [0.05, 0.1) is 6.61 Å². The molecule has 0 radical (unpaired) electrons. The molecule has 0 N–H and O–H groups in total. The highest BCUT2D eigenvalue weighted by Gasteiger charge is 2.14. The van der Waals surface area contributed by atoms with E-state index in [1.54, 1.807) is 6.92 Å². The standard InChI is InChI=1S/C12H21NO2/c1-3-15-12(14)10(2)13-9-11-7-5-4-6-8-11/h9-11H,3-8H2,1-2H3/t10-/m0/s1. The van der Waals surface area contributed by atoms with Crippen LogP contribution in [0.4, 0.5) is 0 Å². The first-order valence-electron chi connectivity index (χ1n) is 5.94. The number of carbonyl (C=O) groups excluding carboxylic acids is 1. The Kier molecular flexibility index (Phi) is 5.37. The van der Waals surface area contributed by atoms with Gasteiger partial charge in [-0.1, -0.05) is 19.3 Å². The van der Waals surface area contributed by atoms with E-state index in [0.29, 0.717) is 12.5 Å². The number of ether oxygens (including phenoxy) is 1. The topological polar surface area (TPSA) is 38.7 Å². The van der Waals surface area contributed by atoms with E-state index in [-0.39, 0.29) is 12.0 Å². The lowest BCUT2D eigenvalue weighted by Gasteiger charge is -2.17. The molecule has 0 amide bonds. The van der Waals surface area contributed by atoms with Gasteiger partial charge in [-0.25, -0.2) is 4.79 Å². The first-order chi connectivity index (χ1) is 7.24. The maximum absolute atomic E-state index is 11.3. The zero-order chi connectivity index (χ0) is 11.1. The summed E-state index contributed by atoms with van der Waals surface area (Å²) in [6.45, 7) is 4.04. The summed E-state index contributed by atoms with van der Waals surface area (Å²) in [5, 5.41) is 0. The lowest BCUT2D eigenvalue weighted by molar-refractivity contribution is -0.144. The van der Waals surface area contributed by atoms with Crippen molar-refractivity contribution in [1.29, 1.82) is 0 Å². The van der Waals surface area contributed by atoms with Gasteiger partial charge in [0.1, 0.15) is 6.04 Å². The van der Waals surface area contributed by atoms with Gasteiger partial charge in [0, 0.05) is 6.21 Å². The molecule has 1 aliphatic carbocycles. The molecule has 1 atom stereocenters. The van der Waals surface area contributed by atoms with Gasteiger partial charge in [-0.3, -0.25) is 4.99 Å². The highest BCUT2D eigenvalue weighted by molar-refractivity contribution is 5.77. The molecule has 0 aliphatic heterocycles. The van der Waals surface area contributed by atoms with E-state index in [9.17, 15) is 4.79 Å². The summed E-state index contributed by atoms with van der Waals surface area (Å²) in [4.78, 5) is 15.5. The Morgan fingerprint density at radius 1 is 1.47 bits per heavy atom. The van der Waals surface area contributed by atoms with E-state index in [2.05, 4.69) is 4.99 Å². The molecule has 0 saturated heterocycles. The molecule has 3 heteroatoms. The Labute approximate surface area is 91.9 Å². The van der Waals surface area contributed by atoms with Crippen LogP contribution in [0.15, 0.2) is 4.99 Å². The van der Waals surface area contributed by atoms with E-state index in [1.165, 1.54) is 32.1 Å². The zero-order valence-electron chi connectivity index (χ0n) is 9.74. The quantitative estimate of drug-likeness (QED) is 0.529. The number of carbonyl (C=O) groups is 1. The lowest BCUT2D eigenvalue weighted by atomic mass is 9.90. The molecule has 0 aromatic heterocycles. The number of rotatable bonds is 4. The van der Waals surface area contributed by atoms with Crippen molar-refractivity contribution in [3.8, 4) is 0 Å². The van der Waals surface area contributed by atoms with Gasteiger partial charge in [-0.05, 0) is 32.6 Å². The second-order valence-electron chi connectivity index (χ2n) is 4.12. The smallest absolute Gasteiger partial charge is 0.330 e. The predicted octanol–water partition coefficient (Wildman–Crippen LogP) is 2.59. The molecule has 1 saturated carbocycles. The summed E-state index contributed by atoms with van der Waals surface area (Å²) in [6.07, 6.45) is 8.34. The van der Waals surface area contributed by atoms with Crippen LogP contribution in [0.3, 0.4) is 0 Å². The lowest BCUT2D eigenvalue weighted by Crippen LogP contribution is -2.19. The Balaban J connectivity index is 2.31. The van der Waals surface area contributed by atoms with Crippen molar-refractivity contribution in [1.82, 2.24) is 0 Å². The van der Waals surface area contributed by atoms with Crippen molar-refractivity contribution in [3.05, 3.63) is 0 Å². The summed E-state index contributed by atoms with van der Waals surface area (Å²) in [6, 6.07) is -0.341. The highest BCUT2D eigenvalue weighted by atomic mass is 16.5. The Bertz CT molecular complexity index is 220. The van der Waals surface area contributed by atoms with Crippen LogP contribution in [0.25, 0.3) is 0 Å². The summed E-state index contributed by atoms with van der Waals surface area (Å²) in [7, 11) is 0. The minimum absolute atomic E-state index is 0.218. The summed E-state index contributed by atoms with van der Waals surface area (Å²) in [5.74, 6) is 0.361. The summed E-state index contributed by atoms with van der Waals surface area (Å²) < 4.78 is 4.89. The van der Waals surface area contributed by atoms with Crippen molar-refractivity contribution in [2.24, 2.45) is 10.9 Å². The van der Waals surface area contributed by atoms with Crippen LogP contribution < -0.4 is 0 Å². The van der Waals surface area contributed by atoms with Gasteiger partial charge in [0.15, 0.2) is 0 Å². The van der Waals surface area contributed by atoms with Crippen molar-refractivity contribution in [2.45, 2.75) is 52.0 Å². The molecule has 0 aromatic rings. The molecule has 15 heavy (non-hydrogen) atoms. The van der Waals surface area contributed by atoms with Crippen LogP contribution in [0.5, 0.6) is 0 Å². The number of nitrogens with zero attached hydrogens (tertiary/aromatic N) is 1. The third-order valence-corrected chi connectivity index (χ3v) is 2.80. The number of aliphatic imine (C=N–C) groups is 1. The van der Waals surface area contributed by atoms with Crippen LogP contribution in [-0.2, 0) is 9.53 Å². The third kappa shape index (κ3) is 4.45. The maximum Gasteiger partial charge on any atom is 0.330 e. The van der Waals surface area contributed by atoms with Crippen molar-refractivity contribution < 1.29 is 9.53 Å². The minimum atomic E-state index is -0.341. The summed E-state index contributed by atoms with van der Waals surface area (Å²) >= 11 is 0. The second kappa shape index (κ2) is 6.59. The van der Waals surface area contributed by atoms with E-state index >= 15 is 0 Å². The van der Waals surface area contributed by atoms with Gasteiger partial charge >= 0.3 is 5.97 Å². The molecular weight excluding hydrogens is 190 g/mol. The summed E-state index contributed by atoms with van der Waals surface area (Å²) in [5.41, 5.74) is 0. The fourth-order valence-electron chi connectivity index (χ4n) is 1.86. The first kappa shape index (κ1) is 12.2. The van der Waals surface area contributed by atoms with Crippen molar-refractivity contribution >= 4 is 12.2 Å². The van der Waals surface area contributed by atoms with Gasteiger partial charge in [0.2, 0.25) is 0 Å². The third-order valence-electron chi connectivity index (χ3n) is 2.80. The number of esters is 1. The fraction of sp³-hybridized carbons (Fsp3) is 0.833. The molecular formula is C12H21NO2. The van der Waals surface area contributed by atoms with Crippen LogP contribution in [-0.4, -0.2) is 24.8 Å². The molecule has 86 valence electrons. The normalized spacial score (nSPS) is 20.4. The van der Waals surface area contributed by atoms with E-state index in [1.807, 2.05) is 13.1 Å². The molecule has 1 rings (SSSR count). The SMILES string of the molecule is CCOC(=O)[C@H](C)N=CC1CCCCC1. The van der Waals surface area contributed by atoms with Gasteiger partial charge in [-0.15, -0.1) is 0 Å². The Morgan fingerprint density at radius 2 is 2.13 bits per heavy atom. The largest absolute Gasteiger partial charge is 0.464 e. The van der Waals surface area contributed by atoms with Crippen molar-refractivity contribution in [2.75, 3.05) is 6.61 Å². The highest BCUT2D eigenvalue weighted by Crippen LogP contribution is 2.22. The van der Waals surface area contributed by atoms with Gasteiger partial charge < -0.3 is 4.74 Å². The molecule has 1 aliphatic rings. The molecule has 1 fully saturated rings. The zero-order valence-corrected chi connectivity index (χ0v) is 9.74. The number of hydrogen-bond acceptors (Lipinski definition) is 3. The number of hydrogen-bond donors (Lipinski definition) is 0. The van der Waals surface area contributed by atoms with Crippen LogP contribution in [0, 0.1) is 5.92 Å². The Morgan fingerprint density at radius 3 is 2.73 bits per heavy atom. The average molecular weight is 211 g/mol. The van der Waals surface area contributed by atoms with Crippen LogP contribution in [0.1, 0.15) is 46.0 Å². The first-order valence-corrected chi connectivity index (χ1v) is 5.94. The predicted molar refractivity (Wildman–Crippen MR) is 61.2 cm³/mol. The molecule has 0 unspecified atom stereocenters. The van der Waals surface area contributed by atoms with Crippen LogP contribution >= 0.6 is 0 Å². The second-order valence-corrected chi connectivity index (χ2v) is 4.12. The minimum Gasteiger partial charge on any atom is -0.464 e. The van der Waals surface area contributed by atoms with Crippen LogP contribution in [0.2, 0.25) is 0 Å².